The van der Waals surface area contributed by atoms with E-state index in [1.807, 2.05) is 12.1 Å². The van der Waals surface area contributed by atoms with Gasteiger partial charge in [0.25, 0.3) is 0 Å². The Morgan fingerprint density at radius 2 is 2.00 bits per heavy atom. The number of hydrogen-bond donors (Lipinski definition) is 0. The second-order valence-electron chi connectivity index (χ2n) is 1.21. The summed E-state index contributed by atoms with van der Waals surface area (Å²) in [5.74, 6) is 0. The van der Waals surface area contributed by atoms with Gasteiger partial charge in [-0.15, -0.1) is 0 Å². The first kappa shape index (κ1) is 12.1. The molecule has 0 aliphatic rings. The smallest absolute Gasteiger partial charge is 0.0484 e. The van der Waals surface area contributed by atoms with Crippen molar-refractivity contribution in [3.63, 3.8) is 0 Å². The fourth-order valence-corrected chi connectivity index (χ4v) is 0.507. The van der Waals surface area contributed by atoms with Gasteiger partial charge in [-0.05, 0) is 6.07 Å². The largest absolute Gasteiger partial charge is 1.00 e. The van der Waals surface area contributed by atoms with Crippen molar-refractivity contribution in [2.45, 2.75) is 0 Å². The standard InChI is InChI=1S/C6H4Cl.ClH.Zn/c7-6-4-2-1-3-5-6;;/h1-4H;1H;/p-1. The van der Waals surface area contributed by atoms with Crippen LogP contribution in [0.1, 0.15) is 0 Å². The first-order valence-corrected chi connectivity index (χ1v) is 2.39. The third-order valence-corrected chi connectivity index (χ3v) is 0.906. The van der Waals surface area contributed by atoms with Gasteiger partial charge in [0.05, 0.1) is 0 Å². The van der Waals surface area contributed by atoms with Crippen LogP contribution in [-0.4, -0.2) is 0 Å². The Hall–Kier alpha value is 0.423. The predicted molar refractivity (Wildman–Crippen MR) is 30.3 cm³/mol. The molecule has 0 fully saturated rings. The summed E-state index contributed by atoms with van der Waals surface area (Å²) in [5, 5.41) is 0.669. The first-order chi connectivity index (χ1) is 3.39. The Morgan fingerprint density at radius 3 is 2.22 bits per heavy atom. The molecule has 0 N–H and O–H groups in total. The second kappa shape index (κ2) is 6.54. The van der Waals surface area contributed by atoms with Gasteiger partial charge in [0.1, 0.15) is 0 Å². The summed E-state index contributed by atoms with van der Waals surface area (Å²) in [6.07, 6.45) is 0. The summed E-state index contributed by atoms with van der Waals surface area (Å²) in [6.45, 7) is 0. The van der Waals surface area contributed by atoms with Crippen LogP contribution in [0.2, 0.25) is 5.02 Å². The molecule has 0 amide bonds. The summed E-state index contributed by atoms with van der Waals surface area (Å²) in [4.78, 5) is 0. The molecule has 1 aromatic rings. The molecule has 9 heavy (non-hydrogen) atoms. The molecule has 3 heteroatoms. The molecular weight excluding hydrogens is 208 g/mol. The maximum absolute atomic E-state index is 5.48. The Morgan fingerprint density at radius 1 is 1.33 bits per heavy atom. The van der Waals surface area contributed by atoms with Crippen molar-refractivity contribution in [1.29, 1.82) is 0 Å². The molecule has 0 spiro atoms. The Balaban J connectivity index is 0. The van der Waals surface area contributed by atoms with Gasteiger partial charge in [0.2, 0.25) is 0 Å². The van der Waals surface area contributed by atoms with Gasteiger partial charge < -0.3 is 12.4 Å². The molecule has 1 radical (unpaired) electrons. The SMILES string of the molecule is Clc1[c]cccc1.[Cl-].[Zn]. The monoisotopic (exact) mass is 210 g/mol. The van der Waals surface area contributed by atoms with E-state index < -0.39 is 0 Å². The van der Waals surface area contributed by atoms with Gasteiger partial charge in [-0.2, -0.15) is 0 Å². The van der Waals surface area contributed by atoms with E-state index in [-0.39, 0.29) is 31.9 Å². The zero-order valence-corrected chi connectivity index (χ0v) is 9.25. The van der Waals surface area contributed by atoms with E-state index in [1.165, 1.54) is 0 Å². The second-order valence-corrected chi connectivity index (χ2v) is 1.62. The van der Waals surface area contributed by atoms with Crippen LogP contribution in [0.3, 0.4) is 0 Å². The van der Waals surface area contributed by atoms with Gasteiger partial charge in [-0.25, -0.2) is 0 Å². The van der Waals surface area contributed by atoms with Crippen LogP contribution < -0.4 is 12.4 Å². The van der Waals surface area contributed by atoms with Crippen molar-refractivity contribution in [2.24, 2.45) is 0 Å². The molecule has 0 bridgehead atoms. The Labute approximate surface area is 78.8 Å². The van der Waals surface area contributed by atoms with E-state index >= 15 is 0 Å². The fraction of sp³-hybridized carbons (Fsp3) is 0. The number of halogens is 2. The zero-order chi connectivity index (χ0) is 5.11. The summed E-state index contributed by atoms with van der Waals surface area (Å²) in [6, 6.07) is 10.1. The summed E-state index contributed by atoms with van der Waals surface area (Å²) in [5.41, 5.74) is 0. The quantitative estimate of drug-likeness (QED) is 0.491. The van der Waals surface area contributed by atoms with Crippen LogP contribution >= 0.6 is 11.6 Å². The summed E-state index contributed by atoms with van der Waals surface area (Å²) < 4.78 is 0. The normalized spacial score (nSPS) is 6.78. The van der Waals surface area contributed by atoms with Crippen molar-refractivity contribution >= 4 is 11.6 Å². The molecule has 0 nitrogen and oxygen atoms in total. The molecule has 0 heterocycles. The van der Waals surface area contributed by atoms with Gasteiger partial charge in [-0.3, -0.25) is 0 Å². The van der Waals surface area contributed by atoms with Crippen LogP contribution in [0, 0.1) is 6.07 Å². The van der Waals surface area contributed by atoms with Gasteiger partial charge >= 0.3 is 0 Å². The van der Waals surface area contributed by atoms with Crippen molar-refractivity contribution in [3.05, 3.63) is 35.4 Å². The average molecular weight is 212 g/mol. The molecule has 0 atom stereocenters. The van der Waals surface area contributed by atoms with Crippen molar-refractivity contribution in [3.8, 4) is 0 Å². The molecule has 0 unspecified atom stereocenters. The third-order valence-electron chi connectivity index (χ3n) is 0.671. The summed E-state index contributed by atoms with van der Waals surface area (Å²) in [7, 11) is 0. The molecule has 0 aliphatic heterocycles. The van der Waals surface area contributed by atoms with Crippen molar-refractivity contribution in [2.75, 3.05) is 0 Å². The topological polar surface area (TPSA) is 0 Å². The van der Waals surface area contributed by atoms with Crippen LogP contribution in [0.25, 0.3) is 0 Å². The van der Waals surface area contributed by atoms with E-state index in [4.69, 9.17) is 11.6 Å². The van der Waals surface area contributed by atoms with E-state index in [9.17, 15) is 0 Å². The van der Waals surface area contributed by atoms with E-state index in [1.54, 1.807) is 12.1 Å². The van der Waals surface area contributed by atoms with Crippen LogP contribution in [0.5, 0.6) is 0 Å². The van der Waals surface area contributed by atoms with Gasteiger partial charge in [0.15, 0.2) is 0 Å². The molecule has 45 valence electrons. The minimum atomic E-state index is 0. The molecule has 0 saturated carbocycles. The predicted octanol–water partition coefficient (Wildman–Crippen LogP) is -0.858. The number of hydrogen-bond acceptors (Lipinski definition) is 0. The maximum Gasteiger partial charge on any atom is 0.0484 e. The first-order valence-electron chi connectivity index (χ1n) is 2.02. The number of benzene rings is 1. The molecular formula is C6H4Cl2Zn-. The van der Waals surface area contributed by atoms with Crippen LogP contribution in [-0.2, 0) is 19.5 Å². The minimum Gasteiger partial charge on any atom is -1.00 e. The molecule has 1 rings (SSSR count). The fourth-order valence-electron chi connectivity index (χ4n) is 0.371. The van der Waals surface area contributed by atoms with Gasteiger partial charge in [-0.1, -0.05) is 29.8 Å². The number of rotatable bonds is 0. The van der Waals surface area contributed by atoms with Gasteiger partial charge in [0, 0.05) is 30.6 Å². The maximum atomic E-state index is 5.48. The third kappa shape index (κ3) is 4.90. The molecule has 1 aromatic carbocycles. The minimum absolute atomic E-state index is 0. The van der Waals surface area contributed by atoms with Crippen LogP contribution in [0.15, 0.2) is 24.3 Å². The molecule has 0 saturated heterocycles. The van der Waals surface area contributed by atoms with E-state index in [0.29, 0.717) is 5.02 Å². The molecule has 0 aliphatic carbocycles. The van der Waals surface area contributed by atoms with E-state index in [2.05, 4.69) is 6.07 Å². The molecule has 0 aromatic heterocycles. The summed E-state index contributed by atoms with van der Waals surface area (Å²) >= 11 is 5.48. The van der Waals surface area contributed by atoms with Crippen molar-refractivity contribution in [1.82, 2.24) is 0 Å². The Bertz CT molecular complexity index is 141. The van der Waals surface area contributed by atoms with Crippen molar-refractivity contribution < 1.29 is 31.9 Å². The Kier molecular flexibility index (Phi) is 8.82. The average Bonchev–Trinajstić information content (AvgIpc) is 1.69. The van der Waals surface area contributed by atoms with E-state index in [0.717, 1.165) is 0 Å². The zero-order valence-electron chi connectivity index (χ0n) is 4.77. The van der Waals surface area contributed by atoms with Crippen LogP contribution in [0.4, 0.5) is 0 Å².